The molecule has 0 spiro atoms. The van der Waals surface area contributed by atoms with Gasteiger partial charge in [-0.2, -0.15) is 0 Å². The monoisotopic (exact) mass is 277 g/mol. The van der Waals surface area contributed by atoms with Crippen molar-refractivity contribution in [3.05, 3.63) is 0 Å². The minimum atomic E-state index is 0.797. The van der Waals surface area contributed by atoms with Gasteiger partial charge in [-0.3, -0.25) is 9.89 Å². The Labute approximate surface area is 124 Å². The van der Waals surface area contributed by atoms with E-state index in [0.29, 0.717) is 0 Å². The lowest BCUT2D eigenvalue weighted by molar-refractivity contribution is 0.111. The highest BCUT2D eigenvalue weighted by atomic mass is 15.3. The zero-order valence-electron chi connectivity index (χ0n) is 13.0. The molecule has 3 heteroatoms. The van der Waals surface area contributed by atoms with Crippen LogP contribution < -0.4 is 0 Å². The summed E-state index contributed by atoms with van der Waals surface area (Å²) in [6.45, 7) is 6.05. The molecule has 0 aromatic heterocycles. The lowest BCUT2D eigenvalue weighted by atomic mass is 9.90. The van der Waals surface area contributed by atoms with Crippen molar-refractivity contribution in [2.24, 2.45) is 10.9 Å². The molecule has 1 saturated heterocycles. The number of aliphatic imine (C=N–C) groups is 1. The van der Waals surface area contributed by atoms with Crippen LogP contribution in [0.1, 0.15) is 57.8 Å². The highest BCUT2D eigenvalue weighted by molar-refractivity contribution is 5.61. The number of nitrogens with zero attached hydrogens (tertiary/aromatic N) is 3. The second kappa shape index (κ2) is 7.56. The molecule has 20 heavy (non-hydrogen) atoms. The number of hydrogen-bond acceptors (Lipinski definition) is 3. The molecule has 1 aliphatic carbocycles. The highest BCUT2D eigenvalue weighted by Gasteiger charge is 2.26. The maximum absolute atomic E-state index is 4.36. The molecule has 0 bridgehead atoms. The molecular formula is C17H31N3. The van der Waals surface area contributed by atoms with Gasteiger partial charge in [0.15, 0.2) is 0 Å². The zero-order valence-corrected chi connectivity index (χ0v) is 13.0. The van der Waals surface area contributed by atoms with Gasteiger partial charge in [-0.1, -0.05) is 32.1 Å². The summed E-state index contributed by atoms with van der Waals surface area (Å²) in [6, 6.07) is 0.797. The van der Waals surface area contributed by atoms with Crippen molar-refractivity contribution in [1.82, 2.24) is 9.80 Å². The summed E-state index contributed by atoms with van der Waals surface area (Å²) in [6.07, 6.45) is 15.2. The Balaban J connectivity index is 1.38. The molecule has 3 nitrogen and oxygen atoms in total. The molecule has 2 fully saturated rings. The normalized spacial score (nSPS) is 28.6. The molecular weight excluding hydrogens is 246 g/mol. The summed E-state index contributed by atoms with van der Waals surface area (Å²) in [5.74, 6) is 0.988. The van der Waals surface area contributed by atoms with Crippen molar-refractivity contribution in [2.75, 3.05) is 32.8 Å². The van der Waals surface area contributed by atoms with Crippen LogP contribution in [0.3, 0.4) is 0 Å². The Morgan fingerprint density at radius 3 is 2.25 bits per heavy atom. The fourth-order valence-electron chi connectivity index (χ4n) is 4.20. The minimum absolute atomic E-state index is 0.797. The number of rotatable bonds is 3. The highest BCUT2D eigenvalue weighted by Crippen LogP contribution is 2.25. The first-order valence-corrected chi connectivity index (χ1v) is 8.86. The van der Waals surface area contributed by atoms with Gasteiger partial charge in [-0.05, 0) is 44.7 Å². The standard InChI is InChI=1S/C17H31N3/c1-2-4-6-16(7-5-3-1)14-19-11-8-17(9-12-19)20-13-10-18-15-20/h10,16-17H,1-9,11-15H2. The van der Waals surface area contributed by atoms with E-state index in [1.165, 1.54) is 77.4 Å². The van der Waals surface area contributed by atoms with Crippen LogP contribution in [0.5, 0.6) is 0 Å². The third kappa shape index (κ3) is 4.05. The van der Waals surface area contributed by atoms with Gasteiger partial charge in [-0.25, -0.2) is 0 Å². The maximum atomic E-state index is 4.36. The first-order valence-electron chi connectivity index (χ1n) is 8.86. The average Bonchev–Trinajstić information content (AvgIpc) is 2.96. The van der Waals surface area contributed by atoms with E-state index in [4.69, 9.17) is 0 Å². The van der Waals surface area contributed by atoms with E-state index in [0.717, 1.165) is 25.2 Å². The number of piperidine rings is 1. The second-order valence-electron chi connectivity index (χ2n) is 7.02. The number of hydrogen-bond donors (Lipinski definition) is 0. The molecule has 3 aliphatic rings. The molecule has 0 N–H and O–H groups in total. The van der Waals surface area contributed by atoms with Crippen LogP contribution in [0.2, 0.25) is 0 Å². The van der Waals surface area contributed by atoms with Gasteiger partial charge in [0.1, 0.15) is 0 Å². The van der Waals surface area contributed by atoms with Gasteiger partial charge >= 0.3 is 0 Å². The summed E-state index contributed by atoms with van der Waals surface area (Å²) in [4.78, 5) is 9.66. The van der Waals surface area contributed by atoms with E-state index in [-0.39, 0.29) is 0 Å². The lowest BCUT2D eigenvalue weighted by Gasteiger charge is -2.37. The Morgan fingerprint density at radius 2 is 1.60 bits per heavy atom. The topological polar surface area (TPSA) is 18.8 Å². The molecule has 0 radical (unpaired) electrons. The van der Waals surface area contributed by atoms with Crippen molar-refractivity contribution < 1.29 is 0 Å². The van der Waals surface area contributed by atoms with Gasteiger partial charge in [0, 0.05) is 25.3 Å². The van der Waals surface area contributed by atoms with Crippen LogP contribution in [0.15, 0.2) is 4.99 Å². The van der Waals surface area contributed by atoms with Crippen molar-refractivity contribution in [2.45, 2.75) is 63.8 Å². The van der Waals surface area contributed by atoms with Crippen LogP contribution in [0, 0.1) is 5.92 Å². The molecule has 0 aromatic rings. The maximum Gasteiger partial charge on any atom is 0.0911 e. The lowest BCUT2D eigenvalue weighted by Crippen LogP contribution is -2.45. The fourth-order valence-corrected chi connectivity index (χ4v) is 4.20. The summed E-state index contributed by atoms with van der Waals surface area (Å²) in [5, 5.41) is 0. The van der Waals surface area contributed by atoms with E-state index >= 15 is 0 Å². The summed E-state index contributed by atoms with van der Waals surface area (Å²) >= 11 is 0. The summed E-state index contributed by atoms with van der Waals surface area (Å²) in [5.41, 5.74) is 0. The van der Waals surface area contributed by atoms with E-state index in [1.807, 2.05) is 0 Å². The van der Waals surface area contributed by atoms with Crippen molar-refractivity contribution >= 4 is 6.21 Å². The van der Waals surface area contributed by atoms with Crippen LogP contribution in [-0.4, -0.2) is 54.9 Å². The summed E-state index contributed by atoms with van der Waals surface area (Å²) in [7, 11) is 0. The van der Waals surface area contributed by atoms with Gasteiger partial charge in [0.05, 0.1) is 6.67 Å². The Hall–Kier alpha value is -0.410. The molecule has 2 aliphatic heterocycles. The largest absolute Gasteiger partial charge is 0.303 e. The molecule has 0 unspecified atom stereocenters. The predicted octanol–water partition coefficient (Wildman–Crippen LogP) is 3.16. The average molecular weight is 277 g/mol. The first kappa shape index (κ1) is 14.5. The second-order valence-corrected chi connectivity index (χ2v) is 7.02. The predicted molar refractivity (Wildman–Crippen MR) is 85.3 cm³/mol. The molecule has 0 atom stereocenters. The Kier molecular flexibility index (Phi) is 5.49. The van der Waals surface area contributed by atoms with E-state index in [9.17, 15) is 0 Å². The number of likely N-dealkylation sites (tertiary alicyclic amines) is 1. The molecule has 1 saturated carbocycles. The molecule has 2 heterocycles. The quantitative estimate of drug-likeness (QED) is 0.789. The smallest absolute Gasteiger partial charge is 0.0911 e. The Bertz CT molecular complexity index is 291. The molecule has 3 rings (SSSR count). The SMILES string of the molecule is C1=NCN(C2CCN(CC3CCCCCCC3)CC2)C1. The molecule has 114 valence electrons. The summed E-state index contributed by atoms with van der Waals surface area (Å²) < 4.78 is 0. The van der Waals surface area contributed by atoms with Crippen LogP contribution >= 0.6 is 0 Å². The van der Waals surface area contributed by atoms with Crippen molar-refractivity contribution in [3.8, 4) is 0 Å². The van der Waals surface area contributed by atoms with Crippen LogP contribution in [0.25, 0.3) is 0 Å². The van der Waals surface area contributed by atoms with Crippen LogP contribution in [-0.2, 0) is 0 Å². The van der Waals surface area contributed by atoms with Crippen molar-refractivity contribution in [3.63, 3.8) is 0 Å². The first-order chi connectivity index (χ1) is 9.92. The third-order valence-corrected chi connectivity index (χ3v) is 5.52. The van der Waals surface area contributed by atoms with E-state index in [1.54, 1.807) is 0 Å². The van der Waals surface area contributed by atoms with Gasteiger partial charge in [-0.15, -0.1) is 0 Å². The Morgan fingerprint density at radius 1 is 0.900 bits per heavy atom. The van der Waals surface area contributed by atoms with Gasteiger partial charge in [0.2, 0.25) is 0 Å². The van der Waals surface area contributed by atoms with Gasteiger partial charge in [0.25, 0.3) is 0 Å². The van der Waals surface area contributed by atoms with Crippen molar-refractivity contribution in [1.29, 1.82) is 0 Å². The fraction of sp³-hybridized carbons (Fsp3) is 0.941. The zero-order chi connectivity index (χ0) is 13.6. The van der Waals surface area contributed by atoms with E-state index < -0.39 is 0 Å². The molecule has 0 amide bonds. The van der Waals surface area contributed by atoms with Gasteiger partial charge < -0.3 is 4.90 Å². The molecule has 0 aromatic carbocycles. The van der Waals surface area contributed by atoms with E-state index in [2.05, 4.69) is 21.0 Å². The van der Waals surface area contributed by atoms with Crippen LogP contribution in [0.4, 0.5) is 0 Å². The minimum Gasteiger partial charge on any atom is -0.303 e. The third-order valence-electron chi connectivity index (χ3n) is 5.52.